The summed E-state index contributed by atoms with van der Waals surface area (Å²) in [7, 11) is 2.04. The molecular formula is C23H32N4O. The number of nitrogens with zero attached hydrogens (tertiary/aromatic N) is 3. The number of urea groups is 1. The zero-order valence-corrected chi connectivity index (χ0v) is 17.0. The van der Waals surface area contributed by atoms with Gasteiger partial charge in [0.2, 0.25) is 0 Å². The largest absolute Gasteiger partial charge is 0.338 e. The number of aromatic nitrogens is 2. The molecule has 0 radical (unpaired) electrons. The maximum absolute atomic E-state index is 13.0. The number of benzene rings is 1. The van der Waals surface area contributed by atoms with E-state index in [-0.39, 0.29) is 6.03 Å². The quantitative estimate of drug-likeness (QED) is 0.738. The van der Waals surface area contributed by atoms with Gasteiger partial charge in [0.25, 0.3) is 0 Å². The molecule has 2 aliphatic carbocycles. The second-order valence-electron chi connectivity index (χ2n) is 8.24. The van der Waals surface area contributed by atoms with Crippen LogP contribution in [-0.4, -0.2) is 33.3 Å². The normalized spacial score (nSPS) is 16.3. The Bertz CT molecular complexity index is 792. The fourth-order valence-electron chi connectivity index (χ4n) is 4.80. The molecule has 1 fully saturated rings. The minimum atomic E-state index is 0.0809. The van der Waals surface area contributed by atoms with E-state index in [1.54, 1.807) is 0 Å². The van der Waals surface area contributed by atoms with E-state index in [9.17, 15) is 4.79 Å². The third-order valence-corrected chi connectivity index (χ3v) is 6.31. The standard InChI is InChI=1S/C23H32N4O/c1-26-22-15-7-14-20(22)21(25-26)17-27(19-12-5-6-13-19)23(28)24-16-8-11-18-9-3-2-4-10-18/h2-4,9-10,19H,5-8,11-17H2,1H3,(H,24,28). The number of rotatable bonds is 7. The number of carbonyl (C=O) groups is 1. The van der Waals surface area contributed by atoms with Crippen LogP contribution in [0.4, 0.5) is 4.79 Å². The summed E-state index contributed by atoms with van der Waals surface area (Å²) in [5.41, 5.74) is 5.20. The summed E-state index contributed by atoms with van der Waals surface area (Å²) in [6, 6.07) is 10.9. The van der Waals surface area contributed by atoms with Crippen molar-refractivity contribution in [1.82, 2.24) is 20.0 Å². The highest BCUT2D eigenvalue weighted by Gasteiger charge is 2.30. The molecule has 2 amide bonds. The summed E-state index contributed by atoms with van der Waals surface area (Å²) in [5, 5.41) is 7.93. The van der Waals surface area contributed by atoms with Crippen molar-refractivity contribution in [2.45, 2.75) is 70.4 Å². The molecule has 1 saturated carbocycles. The molecule has 0 atom stereocenters. The van der Waals surface area contributed by atoms with Gasteiger partial charge in [-0.3, -0.25) is 4.68 Å². The first-order valence-electron chi connectivity index (χ1n) is 10.8. The number of nitrogens with one attached hydrogen (secondary N) is 1. The van der Waals surface area contributed by atoms with E-state index in [2.05, 4.69) is 34.5 Å². The molecule has 0 spiro atoms. The van der Waals surface area contributed by atoms with Gasteiger partial charge in [0.1, 0.15) is 0 Å². The smallest absolute Gasteiger partial charge is 0.318 e. The van der Waals surface area contributed by atoms with E-state index < -0.39 is 0 Å². The molecule has 1 aromatic carbocycles. The Morgan fingerprint density at radius 2 is 1.96 bits per heavy atom. The second kappa shape index (κ2) is 8.80. The maximum Gasteiger partial charge on any atom is 0.318 e. The van der Waals surface area contributed by atoms with Gasteiger partial charge in [0.05, 0.1) is 12.2 Å². The molecule has 4 rings (SSSR count). The summed E-state index contributed by atoms with van der Waals surface area (Å²) < 4.78 is 2.03. The molecule has 0 aliphatic heterocycles. The van der Waals surface area contributed by atoms with Gasteiger partial charge in [-0.15, -0.1) is 0 Å². The van der Waals surface area contributed by atoms with Crippen LogP contribution in [0.2, 0.25) is 0 Å². The third-order valence-electron chi connectivity index (χ3n) is 6.31. The number of amides is 2. The molecule has 1 heterocycles. The highest BCUT2D eigenvalue weighted by molar-refractivity contribution is 5.74. The van der Waals surface area contributed by atoms with Gasteiger partial charge >= 0.3 is 6.03 Å². The van der Waals surface area contributed by atoms with Crippen molar-refractivity contribution in [3.63, 3.8) is 0 Å². The fraction of sp³-hybridized carbons (Fsp3) is 0.565. The SMILES string of the molecule is Cn1nc(CN(C(=O)NCCCc2ccccc2)C2CCCC2)c2c1CCC2. The second-order valence-corrected chi connectivity index (χ2v) is 8.24. The van der Waals surface area contributed by atoms with Crippen LogP contribution in [0.5, 0.6) is 0 Å². The van der Waals surface area contributed by atoms with Gasteiger partial charge in [0, 0.05) is 25.3 Å². The molecule has 0 bridgehead atoms. The lowest BCUT2D eigenvalue weighted by atomic mass is 10.1. The van der Waals surface area contributed by atoms with Crippen molar-refractivity contribution in [3.05, 3.63) is 52.8 Å². The van der Waals surface area contributed by atoms with Gasteiger partial charge in [-0.2, -0.15) is 5.10 Å². The lowest BCUT2D eigenvalue weighted by molar-refractivity contribution is 0.169. The summed E-state index contributed by atoms with van der Waals surface area (Å²) >= 11 is 0. The van der Waals surface area contributed by atoms with E-state index in [0.717, 1.165) is 50.8 Å². The van der Waals surface area contributed by atoms with Gasteiger partial charge in [-0.1, -0.05) is 43.2 Å². The summed E-state index contributed by atoms with van der Waals surface area (Å²) in [6.07, 6.45) is 10.1. The van der Waals surface area contributed by atoms with Gasteiger partial charge in [-0.05, 0) is 56.1 Å². The molecule has 150 valence electrons. The van der Waals surface area contributed by atoms with Crippen LogP contribution in [0.15, 0.2) is 30.3 Å². The first-order chi connectivity index (χ1) is 13.7. The van der Waals surface area contributed by atoms with Crippen LogP contribution in [0.3, 0.4) is 0 Å². The predicted octanol–water partition coefficient (Wildman–Crippen LogP) is 4.00. The number of aryl methyl sites for hydroxylation is 2. The topological polar surface area (TPSA) is 50.2 Å². The zero-order chi connectivity index (χ0) is 19.3. The fourth-order valence-corrected chi connectivity index (χ4v) is 4.80. The predicted molar refractivity (Wildman–Crippen MR) is 111 cm³/mol. The van der Waals surface area contributed by atoms with Crippen LogP contribution >= 0.6 is 0 Å². The maximum atomic E-state index is 13.0. The number of hydrogen-bond donors (Lipinski definition) is 1. The Balaban J connectivity index is 1.37. The van der Waals surface area contributed by atoms with Crippen molar-refractivity contribution in [2.75, 3.05) is 6.54 Å². The average Bonchev–Trinajstić information content (AvgIpc) is 3.45. The average molecular weight is 381 g/mol. The lowest BCUT2D eigenvalue weighted by Crippen LogP contribution is -2.45. The first kappa shape index (κ1) is 19.0. The van der Waals surface area contributed by atoms with Crippen molar-refractivity contribution in [1.29, 1.82) is 0 Å². The third kappa shape index (κ3) is 4.23. The van der Waals surface area contributed by atoms with Crippen LogP contribution in [0.25, 0.3) is 0 Å². The van der Waals surface area contributed by atoms with Crippen molar-refractivity contribution in [3.8, 4) is 0 Å². The molecule has 1 N–H and O–H groups in total. The highest BCUT2D eigenvalue weighted by atomic mass is 16.2. The van der Waals surface area contributed by atoms with Gasteiger partial charge < -0.3 is 10.2 Å². The van der Waals surface area contributed by atoms with E-state index in [0.29, 0.717) is 12.6 Å². The van der Waals surface area contributed by atoms with E-state index in [4.69, 9.17) is 5.10 Å². The van der Waals surface area contributed by atoms with E-state index in [1.165, 1.54) is 36.1 Å². The van der Waals surface area contributed by atoms with Crippen molar-refractivity contribution < 1.29 is 4.79 Å². The summed E-state index contributed by atoms with van der Waals surface area (Å²) in [5.74, 6) is 0. The minimum absolute atomic E-state index is 0.0809. The first-order valence-corrected chi connectivity index (χ1v) is 10.8. The number of fused-ring (bicyclic) bond motifs is 1. The Morgan fingerprint density at radius 1 is 1.18 bits per heavy atom. The van der Waals surface area contributed by atoms with Crippen LogP contribution in [0, 0.1) is 0 Å². The molecule has 2 aliphatic rings. The Kier molecular flexibility index (Phi) is 5.98. The van der Waals surface area contributed by atoms with Crippen molar-refractivity contribution >= 4 is 6.03 Å². The Morgan fingerprint density at radius 3 is 2.75 bits per heavy atom. The molecule has 1 aromatic heterocycles. The van der Waals surface area contributed by atoms with Crippen LogP contribution < -0.4 is 5.32 Å². The molecule has 5 heteroatoms. The lowest BCUT2D eigenvalue weighted by Gasteiger charge is -2.29. The van der Waals surface area contributed by atoms with Gasteiger partial charge in [0.15, 0.2) is 0 Å². The summed E-state index contributed by atoms with van der Waals surface area (Å²) in [4.78, 5) is 15.1. The highest BCUT2D eigenvalue weighted by Crippen LogP contribution is 2.29. The van der Waals surface area contributed by atoms with E-state index >= 15 is 0 Å². The number of carbonyl (C=O) groups excluding carboxylic acids is 1. The molecule has 5 nitrogen and oxygen atoms in total. The van der Waals surface area contributed by atoms with Gasteiger partial charge in [-0.25, -0.2) is 4.79 Å². The molecular weight excluding hydrogens is 348 g/mol. The molecule has 28 heavy (non-hydrogen) atoms. The minimum Gasteiger partial charge on any atom is -0.338 e. The van der Waals surface area contributed by atoms with Crippen LogP contribution in [0.1, 0.15) is 61.0 Å². The summed E-state index contributed by atoms with van der Waals surface area (Å²) in [6.45, 7) is 1.37. The molecule has 0 unspecified atom stereocenters. The zero-order valence-electron chi connectivity index (χ0n) is 17.0. The number of hydrogen-bond acceptors (Lipinski definition) is 2. The Labute approximate surface area is 168 Å². The Hall–Kier alpha value is -2.30. The van der Waals surface area contributed by atoms with Crippen molar-refractivity contribution in [2.24, 2.45) is 7.05 Å². The van der Waals surface area contributed by atoms with E-state index in [1.807, 2.05) is 17.8 Å². The molecule has 0 saturated heterocycles. The monoisotopic (exact) mass is 380 g/mol. The molecule has 2 aromatic rings. The van der Waals surface area contributed by atoms with Crippen LogP contribution in [-0.2, 0) is 32.9 Å².